The Morgan fingerprint density at radius 2 is 1.64 bits per heavy atom. The summed E-state index contributed by atoms with van der Waals surface area (Å²) >= 11 is 0. The van der Waals surface area contributed by atoms with E-state index in [-0.39, 0.29) is 11.8 Å². The summed E-state index contributed by atoms with van der Waals surface area (Å²) in [6, 6.07) is 10.0. The van der Waals surface area contributed by atoms with E-state index in [1.165, 1.54) is 11.0 Å². The van der Waals surface area contributed by atoms with Crippen LogP contribution in [0.15, 0.2) is 42.5 Å². The van der Waals surface area contributed by atoms with E-state index < -0.39 is 35.6 Å². The minimum absolute atomic E-state index is 0.0796. The number of aromatic hydroxyl groups is 1. The fourth-order valence-electron chi connectivity index (χ4n) is 4.29. The van der Waals surface area contributed by atoms with E-state index in [0.29, 0.717) is 11.3 Å². The number of nitrogens with one attached hydrogen (secondary N) is 2. The quantitative estimate of drug-likeness (QED) is 0.502. The van der Waals surface area contributed by atoms with Crippen LogP contribution in [0.2, 0.25) is 0 Å². The lowest BCUT2D eigenvalue weighted by molar-refractivity contribution is -0.145. The monoisotopic (exact) mass is 495 g/mol. The van der Waals surface area contributed by atoms with E-state index in [1.807, 2.05) is 32.0 Å². The summed E-state index contributed by atoms with van der Waals surface area (Å²) in [4.78, 5) is 41.5. The average Bonchev–Trinajstić information content (AvgIpc) is 2.74. The average molecular weight is 496 g/mol. The first kappa shape index (κ1) is 27.0. The van der Waals surface area contributed by atoms with E-state index >= 15 is 0 Å². The van der Waals surface area contributed by atoms with Gasteiger partial charge in [-0.25, -0.2) is 4.79 Å². The predicted octanol–water partition coefficient (Wildman–Crippen LogP) is 4.98. The molecule has 1 aliphatic rings. The molecule has 0 aromatic heterocycles. The van der Waals surface area contributed by atoms with Crippen molar-refractivity contribution in [1.82, 2.24) is 10.2 Å². The lowest BCUT2D eigenvalue weighted by atomic mass is 9.88. The first-order valence-electron chi connectivity index (χ1n) is 12.4. The molecule has 3 rings (SSSR count). The summed E-state index contributed by atoms with van der Waals surface area (Å²) in [6.07, 6.45) is 1.67. The van der Waals surface area contributed by atoms with E-state index in [4.69, 9.17) is 4.74 Å². The second-order valence-electron chi connectivity index (χ2n) is 10.4. The Balaban J connectivity index is 1.99. The lowest BCUT2D eigenvalue weighted by Gasteiger charge is -2.43. The number of carbonyl (C=O) groups excluding carboxylic acids is 3. The fourth-order valence-corrected chi connectivity index (χ4v) is 4.29. The van der Waals surface area contributed by atoms with Crippen LogP contribution in [0.4, 0.5) is 10.5 Å². The Morgan fingerprint density at radius 1 is 1.03 bits per heavy atom. The Bertz CT molecular complexity index is 1100. The maximum absolute atomic E-state index is 13.9. The normalized spacial score (nSPS) is 15.3. The standard InChI is InChI=1S/C28H37N3O5/c1-17-11-9-12-18(2)23(17)30-25(33)24(21-15-7-8-16-22(21)32)31(20-13-10-14-20)26(34)19(3)29-27(35)36-28(4,5)6/h7-9,11-12,15-16,19-20,24,32H,10,13-14H2,1-6H3,(H,29,35)(H,30,33). The number of ether oxygens (including phenoxy) is 1. The molecule has 0 spiro atoms. The van der Waals surface area contributed by atoms with Gasteiger partial charge in [0.25, 0.3) is 5.91 Å². The number of benzene rings is 2. The van der Waals surface area contributed by atoms with Gasteiger partial charge >= 0.3 is 6.09 Å². The summed E-state index contributed by atoms with van der Waals surface area (Å²) in [7, 11) is 0. The summed E-state index contributed by atoms with van der Waals surface area (Å²) in [5, 5.41) is 16.3. The number of carbonyl (C=O) groups is 3. The number of hydrogen-bond acceptors (Lipinski definition) is 5. The van der Waals surface area contributed by atoms with Crippen LogP contribution >= 0.6 is 0 Å². The summed E-state index contributed by atoms with van der Waals surface area (Å²) in [5.74, 6) is -0.932. The molecule has 36 heavy (non-hydrogen) atoms. The van der Waals surface area contributed by atoms with E-state index in [1.54, 1.807) is 45.9 Å². The molecule has 1 aliphatic carbocycles. The Morgan fingerprint density at radius 3 is 2.17 bits per heavy atom. The molecule has 0 heterocycles. The van der Waals surface area contributed by atoms with Crippen LogP contribution in [0.5, 0.6) is 5.75 Å². The molecule has 2 aromatic rings. The van der Waals surface area contributed by atoms with E-state index in [2.05, 4.69) is 10.6 Å². The molecular formula is C28H37N3O5. The Hall–Kier alpha value is -3.55. The second kappa shape index (κ2) is 11.0. The molecule has 194 valence electrons. The third-order valence-corrected chi connectivity index (χ3v) is 6.31. The van der Waals surface area contributed by atoms with Crippen LogP contribution in [-0.4, -0.2) is 45.6 Å². The first-order chi connectivity index (χ1) is 16.9. The molecule has 0 radical (unpaired) electrons. The number of nitrogens with zero attached hydrogens (tertiary/aromatic N) is 1. The van der Waals surface area contributed by atoms with Crippen LogP contribution in [0.25, 0.3) is 0 Å². The van der Waals surface area contributed by atoms with Crippen LogP contribution in [-0.2, 0) is 14.3 Å². The van der Waals surface area contributed by atoms with Crippen molar-refractivity contribution in [3.8, 4) is 5.75 Å². The number of para-hydroxylation sites is 2. The molecule has 1 saturated carbocycles. The van der Waals surface area contributed by atoms with Gasteiger partial charge in [0.15, 0.2) is 0 Å². The van der Waals surface area contributed by atoms with E-state index in [9.17, 15) is 19.5 Å². The van der Waals surface area contributed by atoms with Gasteiger partial charge in [-0.2, -0.15) is 0 Å². The Kier molecular flexibility index (Phi) is 8.28. The molecular weight excluding hydrogens is 458 g/mol. The van der Waals surface area contributed by atoms with Crippen molar-refractivity contribution in [3.05, 3.63) is 59.2 Å². The van der Waals surface area contributed by atoms with Gasteiger partial charge in [0.1, 0.15) is 23.4 Å². The molecule has 1 fully saturated rings. The number of rotatable bonds is 7. The molecule has 0 bridgehead atoms. The molecule has 8 nitrogen and oxygen atoms in total. The van der Waals surface area contributed by atoms with Crippen molar-refractivity contribution in [3.63, 3.8) is 0 Å². The first-order valence-corrected chi connectivity index (χ1v) is 12.4. The molecule has 2 aromatic carbocycles. The predicted molar refractivity (Wildman–Crippen MR) is 139 cm³/mol. The number of aryl methyl sites for hydroxylation is 2. The number of phenols is 1. The molecule has 0 aliphatic heterocycles. The largest absolute Gasteiger partial charge is 0.508 e. The maximum atomic E-state index is 13.9. The van der Waals surface area contributed by atoms with Crippen LogP contribution in [0, 0.1) is 13.8 Å². The highest BCUT2D eigenvalue weighted by Gasteiger charge is 2.42. The topological polar surface area (TPSA) is 108 Å². The molecule has 3 amide bonds. The van der Waals surface area contributed by atoms with Crippen molar-refractivity contribution in [2.24, 2.45) is 0 Å². The number of anilines is 1. The zero-order chi connectivity index (χ0) is 26.6. The van der Waals surface area contributed by atoms with Crippen molar-refractivity contribution < 1.29 is 24.2 Å². The molecule has 8 heteroatoms. The molecule has 2 atom stereocenters. The van der Waals surface area contributed by atoms with Crippen molar-refractivity contribution in [2.45, 2.75) is 84.5 Å². The Labute approximate surface area is 213 Å². The highest BCUT2D eigenvalue weighted by Crippen LogP contribution is 2.37. The molecule has 3 N–H and O–H groups in total. The third kappa shape index (κ3) is 6.36. The zero-order valence-corrected chi connectivity index (χ0v) is 21.9. The number of phenolic OH excluding ortho intramolecular Hbond substituents is 1. The van der Waals surface area contributed by atoms with Crippen LogP contribution in [0.1, 0.15) is 69.7 Å². The highest BCUT2D eigenvalue weighted by molar-refractivity contribution is 6.00. The van der Waals surface area contributed by atoms with E-state index in [0.717, 1.165) is 30.4 Å². The zero-order valence-electron chi connectivity index (χ0n) is 21.9. The summed E-state index contributed by atoms with van der Waals surface area (Å²) in [5.41, 5.74) is 2.06. The molecule has 2 unspecified atom stereocenters. The van der Waals surface area contributed by atoms with Crippen molar-refractivity contribution in [2.75, 3.05) is 5.32 Å². The number of alkyl carbamates (subject to hydrolysis) is 1. The SMILES string of the molecule is Cc1cccc(C)c1NC(=O)C(c1ccccc1O)N(C(=O)C(C)NC(=O)OC(C)(C)C)C1CCC1. The minimum atomic E-state index is -1.09. The van der Waals surface area contributed by atoms with Gasteiger partial charge in [0.2, 0.25) is 5.91 Å². The summed E-state index contributed by atoms with van der Waals surface area (Å²) in [6.45, 7) is 10.6. The van der Waals surface area contributed by atoms with Gasteiger partial charge in [-0.05, 0) is 78.0 Å². The van der Waals surface area contributed by atoms with Gasteiger partial charge in [-0.15, -0.1) is 0 Å². The van der Waals surface area contributed by atoms with Crippen LogP contribution < -0.4 is 10.6 Å². The number of hydrogen-bond donors (Lipinski definition) is 3. The van der Waals surface area contributed by atoms with Gasteiger partial charge < -0.3 is 25.4 Å². The highest BCUT2D eigenvalue weighted by atomic mass is 16.6. The maximum Gasteiger partial charge on any atom is 0.408 e. The van der Waals surface area contributed by atoms with Crippen LogP contribution in [0.3, 0.4) is 0 Å². The van der Waals surface area contributed by atoms with Crippen molar-refractivity contribution in [1.29, 1.82) is 0 Å². The van der Waals surface area contributed by atoms with Gasteiger partial charge in [-0.3, -0.25) is 9.59 Å². The van der Waals surface area contributed by atoms with Gasteiger partial charge in [-0.1, -0.05) is 36.4 Å². The third-order valence-electron chi connectivity index (χ3n) is 6.31. The van der Waals surface area contributed by atoms with Gasteiger partial charge in [0.05, 0.1) is 0 Å². The summed E-state index contributed by atoms with van der Waals surface area (Å²) < 4.78 is 5.32. The lowest BCUT2D eigenvalue weighted by Crippen LogP contribution is -2.56. The van der Waals surface area contributed by atoms with Gasteiger partial charge in [0, 0.05) is 17.3 Å². The number of amides is 3. The fraction of sp³-hybridized carbons (Fsp3) is 0.464. The molecule has 0 saturated heterocycles. The van der Waals surface area contributed by atoms with Crippen molar-refractivity contribution >= 4 is 23.6 Å². The smallest absolute Gasteiger partial charge is 0.408 e. The minimum Gasteiger partial charge on any atom is -0.508 e. The second-order valence-corrected chi connectivity index (χ2v) is 10.4.